The van der Waals surface area contributed by atoms with Crippen molar-refractivity contribution in [2.75, 3.05) is 23.7 Å². The van der Waals surface area contributed by atoms with E-state index in [2.05, 4.69) is 26.8 Å². The summed E-state index contributed by atoms with van der Waals surface area (Å²) in [4.78, 5) is 14.4. The molecule has 1 atom stereocenters. The molecule has 1 saturated heterocycles. The van der Waals surface area contributed by atoms with Crippen LogP contribution in [0, 0.1) is 11.3 Å². The molecule has 1 aliphatic heterocycles. The molecule has 2 fully saturated rings. The molecule has 0 unspecified atom stereocenters. The number of nitrogens with zero attached hydrogens (tertiary/aromatic N) is 4. The van der Waals surface area contributed by atoms with Crippen LogP contribution >= 0.6 is 11.8 Å². The molecule has 2 aromatic rings. The van der Waals surface area contributed by atoms with Gasteiger partial charge in [0.25, 0.3) is 0 Å². The number of piperidine rings is 1. The van der Waals surface area contributed by atoms with E-state index in [0.717, 1.165) is 49.8 Å². The Morgan fingerprint density at radius 3 is 2.59 bits per heavy atom. The molecule has 0 amide bonds. The summed E-state index contributed by atoms with van der Waals surface area (Å²) >= 11 is 0.839. The fraction of sp³-hybridized carbons (Fsp3) is 0.550. The van der Waals surface area contributed by atoms with E-state index in [1.54, 1.807) is 6.20 Å². The van der Waals surface area contributed by atoms with Crippen molar-refractivity contribution in [3.63, 3.8) is 0 Å². The molecule has 2 aliphatic rings. The van der Waals surface area contributed by atoms with Crippen molar-refractivity contribution in [2.24, 2.45) is 11.3 Å². The molecule has 1 spiro atoms. The average Bonchev–Trinajstić information content (AvgIpc) is 3.03. The van der Waals surface area contributed by atoms with E-state index in [9.17, 15) is 13.2 Å². The Balaban J connectivity index is 1.48. The highest BCUT2D eigenvalue weighted by atomic mass is 32.2. The Hall–Kier alpha value is -2.03. The molecule has 1 aliphatic carbocycles. The minimum Gasteiger partial charge on any atom is -0.381 e. The fourth-order valence-corrected chi connectivity index (χ4v) is 5.52. The molecular weight excluding hydrogens is 399 g/mol. The Labute approximate surface area is 172 Å². The smallest absolute Gasteiger partial charge is 0.381 e. The van der Waals surface area contributed by atoms with Gasteiger partial charge in [-0.1, -0.05) is 31.5 Å². The van der Waals surface area contributed by atoms with Gasteiger partial charge in [-0.25, -0.2) is 9.97 Å². The lowest BCUT2D eigenvalue weighted by Gasteiger charge is -2.42. The van der Waals surface area contributed by atoms with Crippen LogP contribution in [0.3, 0.4) is 0 Å². The number of hydrogen-bond acceptors (Lipinski definition) is 6. The van der Waals surface area contributed by atoms with Crippen LogP contribution in [0.15, 0.2) is 34.4 Å². The van der Waals surface area contributed by atoms with E-state index < -0.39 is 11.9 Å². The summed E-state index contributed by atoms with van der Waals surface area (Å²) in [6, 6.07) is 2.82. The lowest BCUT2D eigenvalue weighted by atomic mass is 9.71. The van der Waals surface area contributed by atoms with Gasteiger partial charge < -0.3 is 10.6 Å². The maximum absolute atomic E-state index is 13.2. The van der Waals surface area contributed by atoms with Crippen molar-refractivity contribution in [3.05, 3.63) is 30.2 Å². The van der Waals surface area contributed by atoms with Gasteiger partial charge in [0.2, 0.25) is 0 Å². The quantitative estimate of drug-likeness (QED) is 0.747. The summed E-state index contributed by atoms with van der Waals surface area (Å²) in [5.74, 6) is 1.59. The summed E-state index contributed by atoms with van der Waals surface area (Å²) in [7, 11) is 0. The zero-order valence-corrected chi connectivity index (χ0v) is 17.1. The first-order chi connectivity index (χ1) is 13.8. The molecule has 5 nitrogen and oxygen atoms in total. The van der Waals surface area contributed by atoms with E-state index in [1.165, 1.54) is 31.4 Å². The number of halogens is 3. The number of nitrogens with two attached hydrogens (primary N) is 1. The van der Waals surface area contributed by atoms with Gasteiger partial charge in [-0.15, -0.1) is 0 Å². The lowest BCUT2D eigenvalue weighted by molar-refractivity contribution is -0.143. The zero-order chi connectivity index (χ0) is 20.6. The summed E-state index contributed by atoms with van der Waals surface area (Å²) in [5, 5.41) is 0.255. The van der Waals surface area contributed by atoms with Crippen LogP contribution in [0.4, 0.5) is 24.8 Å². The van der Waals surface area contributed by atoms with Gasteiger partial charge in [0.05, 0.1) is 6.20 Å². The van der Waals surface area contributed by atoms with Crippen molar-refractivity contribution in [3.8, 4) is 0 Å². The molecular formula is C20H24F3N5S. The SMILES string of the molecule is C[C@H]1CCCC12CCN(c1cnc(Sc3cccnc3C(F)(F)F)c(N)n1)CC2. The largest absolute Gasteiger partial charge is 0.434 e. The van der Waals surface area contributed by atoms with E-state index in [1.807, 2.05) is 0 Å². The van der Waals surface area contributed by atoms with E-state index >= 15 is 0 Å². The van der Waals surface area contributed by atoms with E-state index in [0.29, 0.717) is 11.2 Å². The van der Waals surface area contributed by atoms with Crippen molar-refractivity contribution < 1.29 is 13.2 Å². The predicted molar refractivity (Wildman–Crippen MR) is 107 cm³/mol. The van der Waals surface area contributed by atoms with Gasteiger partial charge in [-0.3, -0.25) is 4.98 Å². The molecule has 0 radical (unpaired) electrons. The van der Waals surface area contributed by atoms with Crippen LogP contribution in [-0.2, 0) is 6.18 Å². The molecule has 2 N–H and O–H groups in total. The molecule has 0 aromatic carbocycles. The highest BCUT2D eigenvalue weighted by molar-refractivity contribution is 7.99. The molecule has 1 saturated carbocycles. The summed E-state index contributed by atoms with van der Waals surface area (Å²) in [6.07, 6.45) is 4.40. The molecule has 2 aromatic heterocycles. The van der Waals surface area contributed by atoms with Crippen LogP contribution in [0.5, 0.6) is 0 Å². The summed E-state index contributed by atoms with van der Waals surface area (Å²) < 4.78 is 39.5. The Morgan fingerprint density at radius 1 is 1.21 bits per heavy atom. The van der Waals surface area contributed by atoms with Gasteiger partial charge in [0.1, 0.15) is 10.8 Å². The number of nitrogen functional groups attached to an aromatic ring is 1. The fourth-order valence-electron chi connectivity index (χ4n) is 4.64. The van der Waals surface area contributed by atoms with Crippen LogP contribution in [0.2, 0.25) is 0 Å². The first kappa shape index (κ1) is 20.3. The second-order valence-corrected chi connectivity index (χ2v) is 9.04. The van der Waals surface area contributed by atoms with Crippen LogP contribution in [-0.4, -0.2) is 28.0 Å². The number of alkyl halides is 3. The minimum atomic E-state index is -4.53. The third-order valence-electron chi connectivity index (χ3n) is 6.44. The number of aromatic nitrogens is 3. The Kier molecular flexibility index (Phi) is 5.35. The number of hydrogen-bond donors (Lipinski definition) is 1. The second kappa shape index (κ2) is 7.66. The van der Waals surface area contributed by atoms with Crippen molar-refractivity contribution >= 4 is 23.4 Å². The monoisotopic (exact) mass is 423 g/mol. The maximum Gasteiger partial charge on any atom is 0.434 e. The van der Waals surface area contributed by atoms with Crippen molar-refractivity contribution in [1.29, 1.82) is 0 Å². The van der Waals surface area contributed by atoms with Gasteiger partial charge in [0, 0.05) is 24.2 Å². The molecule has 3 heterocycles. The predicted octanol–water partition coefficient (Wildman–Crippen LogP) is 5.03. The summed E-state index contributed by atoms with van der Waals surface area (Å²) in [6.45, 7) is 4.18. The Bertz CT molecular complexity index is 881. The first-order valence-electron chi connectivity index (χ1n) is 9.86. The highest BCUT2D eigenvalue weighted by Gasteiger charge is 2.42. The van der Waals surface area contributed by atoms with Gasteiger partial charge in [-0.05, 0) is 42.7 Å². The normalized spacial score (nSPS) is 21.7. The van der Waals surface area contributed by atoms with E-state index in [4.69, 9.17) is 5.73 Å². The summed E-state index contributed by atoms with van der Waals surface area (Å²) in [5.41, 5.74) is 5.57. The molecule has 156 valence electrons. The highest BCUT2D eigenvalue weighted by Crippen LogP contribution is 2.50. The maximum atomic E-state index is 13.2. The number of anilines is 2. The van der Waals surface area contributed by atoms with Crippen LogP contribution in [0.25, 0.3) is 0 Å². The van der Waals surface area contributed by atoms with E-state index in [-0.39, 0.29) is 15.7 Å². The van der Waals surface area contributed by atoms with Gasteiger partial charge >= 0.3 is 6.18 Å². The lowest BCUT2D eigenvalue weighted by Crippen LogP contribution is -2.41. The van der Waals surface area contributed by atoms with Crippen molar-refractivity contribution in [2.45, 2.75) is 55.1 Å². The van der Waals surface area contributed by atoms with Crippen LogP contribution < -0.4 is 10.6 Å². The standard InChI is InChI=1S/C20H24F3N5S/c1-13-4-2-6-19(13)7-10-28(11-8-19)15-12-26-18(17(24)27-15)29-14-5-3-9-25-16(14)20(21,22)23/h3,5,9,12-13H,2,4,6-8,10-11H2,1H3,(H2,24,27)/t13-/m0/s1. The first-order valence-corrected chi connectivity index (χ1v) is 10.7. The minimum absolute atomic E-state index is 0.0381. The number of pyridine rings is 1. The van der Waals surface area contributed by atoms with Crippen molar-refractivity contribution in [1.82, 2.24) is 15.0 Å². The van der Waals surface area contributed by atoms with Gasteiger partial charge in [0.15, 0.2) is 11.5 Å². The zero-order valence-electron chi connectivity index (χ0n) is 16.2. The number of rotatable bonds is 3. The molecule has 0 bridgehead atoms. The molecule has 9 heteroatoms. The molecule has 4 rings (SSSR count). The third kappa shape index (κ3) is 4.01. The Morgan fingerprint density at radius 2 is 1.97 bits per heavy atom. The van der Waals surface area contributed by atoms with Gasteiger partial charge in [-0.2, -0.15) is 13.2 Å². The average molecular weight is 424 g/mol. The third-order valence-corrected chi connectivity index (χ3v) is 7.49. The second-order valence-electron chi connectivity index (χ2n) is 8.01. The topological polar surface area (TPSA) is 67.9 Å². The van der Waals surface area contributed by atoms with Crippen LogP contribution in [0.1, 0.15) is 44.7 Å². The molecule has 29 heavy (non-hydrogen) atoms.